The van der Waals surface area contributed by atoms with Crippen LogP contribution in [0.1, 0.15) is 45.6 Å². The van der Waals surface area contributed by atoms with Crippen LogP contribution in [0.3, 0.4) is 0 Å². The molecule has 0 saturated heterocycles. The smallest absolute Gasteiger partial charge is 0.250 e. The van der Waals surface area contributed by atoms with E-state index in [1.807, 2.05) is 25.1 Å². The fraction of sp³-hybridized carbons (Fsp3) is 0.308. The number of amides is 2. The lowest BCUT2D eigenvalue weighted by atomic mass is 9.87. The van der Waals surface area contributed by atoms with Gasteiger partial charge in [-0.2, -0.15) is 0 Å². The Balaban J connectivity index is 1.74. The number of aryl methyl sites for hydroxylation is 1. The van der Waals surface area contributed by atoms with Crippen LogP contribution < -0.4 is 5.73 Å². The van der Waals surface area contributed by atoms with Gasteiger partial charge in [-0.05, 0) is 72.9 Å². The Morgan fingerprint density at radius 1 is 1.34 bits per heavy atom. The van der Waals surface area contributed by atoms with Crippen molar-refractivity contribution in [3.8, 4) is 11.1 Å². The second-order valence-electron chi connectivity index (χ2n) is 8.93. The summed E-state index contributed by atoms with van der Waals surface area (Å²) in [4.78, 5) is 29.3. The zero-order valence-corrected chi connectivity index (χ0v) is 18.1. The van der Waals surface area contributed by atoms with E-state index in [1.54, 1.807) is 4.90 Å². The average Bonchev–Trinajstić information content (AvgIpc) is 3.55. The molecule has 1 aliphatic heterocycles. The number of nitrogens with two attached hydrogens (primary N) is 1. The van der Waals surface area contributed by atoms with Gasteiger partial charge in [-0.3, -0.25) is 9.59 Å². The molecule has 0 spiro atoms. The molecule has 2 aromatic carbocycles. The van der Waals surface area contributed by atoms with Gasteiger partial charge >= 0.3 is 0 Å². The van der Waals surface area contributed by atoms with Gasteiger partial charge in [0.05, 0.1) is 11.1 Å². The van der Waals surface area contributed by atoms with Gasteiger partial charge in [-0.25, -0.2) is 4.39 Å². The van der Waals surface area contributed by atoms with E-state index in [4.69, 9.17) is 5.73 Å². The molecular formula is C26H26FN3O2. The molecule has 1 aliphatic carbocycles. The van der Waals surface area contributed by atoms with E-state index in [-0.39, 0.29) is 11.5 Å². The number of primary amides is 1. The molecule has 2 amide bonds. The van der Waals surface area contributed by atoms with Crippen LogP contribution in [0.4, 0.5) is 4.39 Å². The van der Waals surface area contributed by atoms with Crippen LogP contribution >= 0.6 is 0 Å². The molecular weight excluding hydrogens is 405 g/mol. The molecule has 0 atom stereocenters. The maximum absolute atomic E-state index is 15.7. The Labute approximate surface area is 186 Å². The lowest BCUT2D eigenvalue weighted by Crippen LogP contribution is -2.34. The first kappa shape index (κ1) is 20.5. The number of nitrogens with one attached hydrogen (secondary N) is 1. The van der Waals surface area contributed by atoms with Crippen molar-refractivity contribution in [3.05, 3.63) is 70.7 Å². The maximum atomic E-state index is 15.7. The summed E-state index contributed by atoms with van der Waals surface area (Å²) in [6, 6.07) is 7.09. The third-order valence-corrected chi connectivity index (χ3v) is 6.82. The summed E-state index contributed by atoms with van der Waals surface area (Å²) < 4.78 is 15.7. The molecule has 0 unspecified atom stereocenters. The number of hydrogen-bond donors (Lipinski definition) is 2. The van der Waals surface area contributed by atoms with Crippen LogP contribution in [0.25, 0.3) is 22.0 Å². The number of aromatic amines is 1. The van der Waals surface area contributed by atoms with Crippen LogP contribution in [-0.2, 0) is 24.2 Å². The standard InChI is InChI=1S/C26H26FN3O2/c1-3-22(31)30-10-9-17-16(13-30)5-4-6-18(17)23-21(27)12-20(26(28)32)25-24(23)19(14(2)29-25)11-15-7-8-15/h3-6,12,15,29H,1,7-11,13H2,2H3,(H2,28,32). The minimum atomic E-state index is -0.645. The highest BCUT2D eigenvalue weighted by atomic mass is 19.1. The lowest BCUT2D eigenvalue weighted by molar-refractivity contribution is -0.126. The molecule has 5 nitrogen and oxygen atoms in total. The first-order chi connectivity index (χ1) is 15.4. The van der Waals surface area contributed by atoms with Crippen LogP contribution in [-0.4, -0.2) is 28.2 Å². The van der Waals surface area contributed by atoms with Crippen molar-refractivity contribution >= 4 is 22.7 Å². The minimum absolute atomic E-state index is 0.103. The van der Waals surface area contributed by atoms with E-state index in [1.165, 1.54) is 25.0 Å². The number of carbonyl (C=O) groups excluding carboxylic acids is 2. The van der Waals surface area contributed by atoms with Crippen molar-refractivity contribution in [2.45, 2.75) is 39.2 Å². The highest BCUT2D eigenvalue weighted by Crippen LogP contribution is 2.43. The van der Waals surface area contributed by atoms with Crippen molar-refractivity contribution in [1.29, 1.82) is 0 Å². The first-order valence-corrected chi connectivity index (χ1v) is 11.0. The summed E-state index contributed by atoms with van der Waals surface area (Å²) in [7, 11) is 0. The Hall–Kier alpha value is -3.41. The molecule has 0 radical (unpaired) electrons. The Morgan fingerprint density at radius 3 is 2.81 bits per heavy atom. The predicted octanol–water partition coefficient (Wildman–Crippen LogP) is 4.40. The fourth-order valence-corrected chi connectivity index (χ4v) is 5.02. The van der Waals surface area contributed by atoms with Gasteiger partial charge < -0.3 is 15.6 Å². The van der Waals surface area contributed by atoms with Crippen LogP contribution in [0.5, 0.6) is 0 Å². The third-order valence-electron chi connectivity index (χ3n) is 6.82. The molecule has 2 aliphatic rings. The van der Waals surface area contributed by atoms with E-state index >= 15 is 4.39 Å². The van der Waals surface area contributed by atoms with E-state index in [0.717, 1.165) is 39.8 Å². The molecule has 164 valence electrons. The van der Waals surface area contributed by atoms with Crippen molar-refractivity contribution in [2.24, 2.45) is 11.7 Å². The molecule has 32 heavy (non-hydrogen) atoms. The predicted molar refractivity (Wildman–Crippen MR) is 123 cm³/mol. The Kier molecular flexibility index (Phi) is 4.88. The number of fused-ring (bicyclic) bond motifs is 2. The Morgan fingerprint density at radius 2 is 2.12 bits per heavy atom. The number of rotatable bonds is 5. The van der Waals surface area contributed by atoms with Crippen molar-refractivity contribution in [2.75, 3.05) is 6.54 Å². The molecule has 5 rings (SSSR count). The molecule has 1 fully saturated rings. The van der Waals surface area contributed by atoms with E-state index in [0.29, 0.717) is 36.5 Å². The van der Waals surface area contributed by atoms with Crippen LogP contribution in [0, 0.1) is 18.7 Å². The molecule has 3 aromatic rings. The largest absolute Gasteiger partial charge is 0.366 e. The van der Waals surface area contributed by atoms with Gasteiger partial charge in [0, 0.05) is 29.7 Å². The van der Waals surface area contributed by atoms with Crippen LogP contribution in [0.2, 0.25) is 0 Å². The summed E-state index contributed by atoms with van der Waals surface area (Å²) in [6.07, 6.45) is 5.16. The summed E-state index contributed by atoms with van der Waals surface area (Å²) in [5.41, 5.74) is 11.8. The van der Waals surface area contributed by atoms with E-state index < -0.39 is 11.7 Å². The number of halogens is 1. The zero-order chi connectivity index (χ0) is 22.6. The van der Waals surface area contributed by atoms with Gasteiger partial charge in [-0.15, -0.1) is 0 Å². The molecule has 1 saturated carbocycles. The van der Waals surface area contributed by atoms with Gasteiger partial charge in [0.25, 0.3) is 5.91 Å². The van der Waals surface area contributed by atoms with Gasteiger partial charge in [0.15, 0.2) is 0 Å². The highest BCUT2D eigenvalue weighted by Gasteiger charge is 2.29. The average molecular weight is 432 g/mol. The summed E-state index contributed by atoms with van der Waals surface area (Å²) >= 11 is 0. The number of hydrogen-bond acceptors (Lipinski definition) is 2. The van der Waals surface area contributed by atoms with Crippen LogP contribution in [0.15, 0.2) is 36.9 Å². The van der Waals surface area contributed by atoms with Crippen molar-refractivity contribution in [1.82, 2.24) is 9.88 Å². The summed E-state index contributed by atoms with van der Waals surface area (Å²) in [6.45, 7) is 6.59. The van der Waals surface area contributed by atoms with Crippen molar-refractivity contribution < 1.29 is 14.0 Å². The van der Waals surface area contributed by atoms with Gasteiger partial charge in [-0.1, -0.05) is 24.8 Å². The maximum Gasteiger partial charge on any atom is 0.250 e. The number of aromatic nitrogens is 1. The number of H-pyrrole nitrogens is 1. The summed E-state index contributed by atoms with van der Waals surface area (Å²) in [5, 5.41) is 0.765. The zero-order valence-electron chi connectivity index (χ0n) is 18.1. The molecule has 6 heteroatoms. The minimum Gasteiger partial charge on any atom is -0.366 e. The lowest BCUT2D eigenvalue weighted by Gasteiger charge is -2.29. The second kappa shape index (κ2) is 7.62. The van der Waals surface area contributed by atoms with E-state index in [9.17, 15) is 9.59 Å². The first-order valence-electron chi connectivity index (χ1n) is 11.0. The fourth-order valence-electron chi connectivity index (χ4n) is 5.02. The topological polar surface area (TPSA) is 79.2 Å². The molecule has 0 bridgehead atoms. The summed E-state index contributed by atoms with van der Waals surface area (Å²) in [5.74, 6) is -0.592. The molecule has 2 heterocycles. The van der Waals surface area contributed by atoms with Gasteiger partial charge in [0.2, 0.25) is 5.91 Å². The number of nitrogens with zero attached hydrogens (tertiary/aromatic N) is 1. The van der Waals surface area contributed by atoms with E-state index in [2.05, 4.69) is 11.6 Å². The third kappa shape index (κ3) is 3.30. The monoisotopic (exact) mass is 431 g/mol. The molecule has 3 N–H and O–H groups in total. The van der Waals surface area contributed by atoms with Gasteiger partial charge in [0.1, 0.15) is 5.82 Å². The number of carbonyl (C=O) groups is 2. The quantitative estimate of drug-likeness (QED) is 0.587. The Bertz CT molecular complexity index is 1290. The normalized spacial score (nSPS) is 15.6. The molecule has 1 aromatic heterocycles. The second-order valence-corrected chi connectivity index (χ2v) is 8.93. The van der Waals surface area contributed by atoms with Crippen molar-refractivity contribution in [3.63, 3.8) is 0 Å². The number of benzene rings is 2. The highest BCUT2D eigenvalue weighted by molar-refractivity contribution is 6.11. The SMILES string of the molecule is C=CC(=O)N1CCc2c(cccc2-c2c(F)cc(C(N)=O)c3[nH]c(C)c(CC4CC4)c23)C1.